The summed E-state index contributed by atoms with van der Waals surface area (Å²) in [6, 6.07) is 24.5. The third kappa shape index (κ3) is 2.61. The minimum absolute atomic E-state index is 0.701. The molecule has 6 nitrogen and oxygen atoms in total. The summed E-state index contributed by atoms with van der Waals surface area (Å²) >= 11 is 0. The quantitative estimate of drug-likeness (QED) is 0.504. The van der Waals surface area contributed by atoms with Crippen molar-refractivity contribution in [1.29, 1.82) is 0 Å². The van der Waals surface area contributed by atoms with E-state index in [1.807, 2.05) is 57.9 Å². The zero-order chi connectivity index (χ0) is 17.3. The average molecular weight is 340 g/mol. The number of rotatable bonds is 4. The lowest BCUT2D eigenvalue weighted by atomic mass is 10.1. The van der Waals surface area contributed by atoms with Crippen molar-refractivity contribution in [3.63, 3.8) is 0 Å². The van der Waals surface area contributed by atoms with E-state index in [9.17, 15) is 0 Å². The molecule has 6 heteroatoms. The second-order valence-corrected chi connectivity index (χ2v) is 6.29. The lowest BCUT2D eigenvalue weighted by molar-refractivity contribution is 0.663. The SMILES string of the molecule is c1ccc2c(c1)nnn2Cc1ccc(Cn2nnc3ccccc32)cc1. The van der Waals surface area contributed by atoms with Gasteiger partial charge in [0.25, 0.3) is 0 Å². The fourth-order valence-corrected chi connectivity index (χ4v) is 3.16. The minimum Gasteiger partial charge on any atom is -0.240 e. The lowest BCUT2D eigenvalue weighted by Crippen LogP contribution is -2.04. The zero-order valence-corrected chi connectivity index (χ0v) is 14.0. The van der Waals surface area contributed by atoms with E-state index in [1.54, 1.807) is 0 Å². The van der Waals surface area contributed by atoms with E-state index in [1.165, 1.54) is 11.1 Å². The fraction of sp³-hybridized carbons (Fsp3) is 0.100. The molecule has 0 saturated carbocycles. The van der Waals surface area contributed by atoms with Gasteiger partial charge in [0.2, 0.25) is 0 Å². The molecule has 0 saturated heterocycles. The maximum absolute atomic E-state index is 4.25. The van der Waals surface area contributed by atoms with Crippen LogP contribution in [0.15, 0.2) is 72.8 Å². The van der Waals surface area contributed by atoms with E-state index in [-0.39, 0.29) is 0 Å². The van der Waals surface area contributed by atoms with Gasteiger partial charge in [0.05, 0.1) is 24.1 Å². The molecule has 0 N–H and O–H groups in total. The fourth-order valence-electron chi connectivity index (χ4n) is 3.16. The van der Waals surface area contributed by atoms with E-state index in [4.69, 9.17) is 0 Å². The number of hydrogen-bond acceptors (Lipinski definition) is 4. The van der Waals surface area contributed by atoms with E-state index in [0.29, 0.717) is 13.1 Å². The van der Waals surface area contributed by atoms with Crippen LogP contribution >= 0.6 is 0 Å². The lowest BCUT2D eigenvalue weighted by Gasteiger charge is -2.06. The molecule has 0 aliphatic heterocycles. The first-order valence-corrected chi connectivity index (χ1v) is 8.51. The Morgan fingerprint density at radius 2 is 0.962 bits per heavy atom. The molecule has 0 spiro atoms. The van der Waals surface area contributed by atoms with Crippen LogP contribution in [0, 0.1) is 0 Å². The molecule has 0 aliphatic carbocycles. The summed E-state index contributed by atoms with van der Waals surface area (Å²) in [5.74, 6) is 0. The molecule has 0 amide bonds. The Morgan fingerprint density at radius 3 is 1.42 bits per heavy atom. The summed E-state index contributed by atoms with van der Waals surface area (Å²) in [4.78, 5) is 0. The number of para-hydroxylation sites is 2. The molecule has 0 aliphatic rings. The van der Waals surface area contributed by atoms with Gasteiger partial charge in [-0.2, -0.15) is 0 Å². The predicted octanol–water partition coefficient (Wildman–Crippen LogP) is 3.27. The molecule has 0 fully saturated rings. The molecule has 126 valence electrons. The third-order valence-corrected chi connectivity index (χ3v) is 4.53. The second-order valence-electron chi connectivity index (χ2n) is 6.29. The predicted molar refractivity (Wildman–Crippen MR) is 99.7 cm³/mol. The Labute approximate surface area is 149 Å². The van der Waals surface area contributed by atoms with Crippen LogP contribution in [0.3, 0.4) is 0 Å². The van der Waals surface area contributed by atoms with Gasteiger partial charge in [-0.1, -0.05) is 59.0 Å². The van der Waals surface area contributed by atoms with Gasteiger partial charge in [0.1, 0.15) is 11.0 Å². The molecule has 2 aromatic heterocycles. The molecule has 2 heterocycles. The highest BCUT2D eigenvalue weighted by Gasteiger charge is 2.06. The van der Waals surface area contributed by atoms with Crippen LogP contribution in [-0.2, 0) is 13.1 Å². The van der Waals surface area contributed by atoms with Crippen LogP contribution < -0.4 is 0 Å². The van der Waals surface area contributed by atoms with Gasteiger partial charge in [0.15, 0.2) is 0 Å². The number of hydrogen-bond donors (Lipinski definition) is 0. The van der Waals surface area contributed by atoms with Crippen molar-refractivity contribution < 1.29 is 0 Å². The summed E-state index contributed by atoms with van der Waals surface area (Å²) in [5.41, 5.74) is 6.31. The monoisotopic (exact) mass is 340 g/mol. The van der Waals surface area contributed by atoms with Gasteiger partial charge in [-0.05, 0) is 35.4 Å². The van der Waals surface area contributed by atoms with Crippen LogP contribution in [0.1, 0.15) is 11.1 Å². The summed E-state index contributed by atoms with van der Waals surface area (Å²) in [5, 5.41) is 16.9. The van der Waals surface area contributed by atoms with Crippen molar-refractivity contribution in [2.24, 2.45) is 0 Å². The maximum atomic E-state index is 4.25. The van der Waals surface area contributed by atoms with Crippen molar-refractivity contribution in [2.45, 2.75) is 13.1 Å². The van der Waals surface area contributed by atoms with E-state index in [0.717, 1.165) is 22.1 Å². The highest BCUT2D eigenvalue weighted by molar-refractivity contribution is 5.74. The molecule has 3 aromatic carbocycles. The first-order valence-electron chi connectivity index (χ1n) is 8.51. The first kappa shape index (κ1) is 14.8. The van der Waals surface area contributed by atoms with Crippen LogP contribution in [0.4, 0.5) is 0 Å². The van der Waals surface area contributed by atoms with Crippen LogP contribution in [0.2, 0.25) is 0 Å². The topological polar surface area (TPSA) is 61.4 Å². The zero-order valence-electron chi connectivity index (χ0n) is 14.0. The highest BCUT2D eigenvalue weighted by atomic mass is 15.4. The van der Waals surface area contributed by atoms with Crippen molar-refractivity contribution >= 4 is 22.1 Å². The molecule has 0 bridgehead atoms. The third-order valence-electron chi connectivity index (χ3n) is 4.53. The van der Waals surface area contributed by atoms with Crippen LogP contribution in [0.5, 0.6) is 0 Å². The smallest absolute Gasteiger partial charge is 0.113 e. The van der Waals surface area contributed by atoms with E-state index < -0.39 is 0 Å². The van der Waals surface area contributed by atoms with Crippen molar-refractivity contribution in [3.8, 4) is 0 Å². The Bertz CT molecular complexity index is 1090. The van der Waals surface area contributed by atoms with Gasteiger partial charge in [-0.3, -0.25) is 0 Å². The summed E-state index contributed by atoms with van der Waals surface area (Å²) < 4.78 is 3.85. The van der Waals surface area contributed by atoms with Crippen LogP contribution in [-0.4, -0.2) is 30.0 Å². The van der Waals surface area contributed by atoms with Gasteiger partial charge in [0, 0.05) is 0 Å². The molecule has 0 atom stereocenters. The second kappa shape index (κ2) is 6.07. The summed E-state index contributed by atoms with van der Waals surface area (Å²) in [6.45, 7) is 1.40. The normalized spacial score (nSPS) is 11.4. The van der Waals surface area contributed by atoms with Gasteiger partial charge < -0.3 is 0 Å². The summed E-state index contributed by atoms with van der Waals surface area (Å²) in [7, 11) is 0. The Morgan fingerprint density at radius 1 is 0.538 bits per heavy atom. The number of benzene rings is 3. The van der Waals surface area contributed by atoms with Crippen LogP contribution in [0.25, 0.3) is 22.1 Å². The Kier molecular flexibility index (Phi) is 3.45. The van der Waals surface area contributed by atoms with Gasteiger partial charge in [-0.25, -0.2) is 9.36 Å². The Balaban J connectivity index is 1.37. The van der Waals surface area contributed by atoms with Crippen molar-refractivity contribution in [1.82, 2.24) is 30.0 Å². The number of fused-ring (bicyclic) bond motifs is 2. The van der Waals surface area contributed by atoms with Gasteiger partial charge >= 0.3 is 0 Å². The maximum Gasteiger partial charge on any atom is 0.113 e. The molecule has 5 aromatic rings. The van der Waals surface area contributed by atoms with Crippen molar-refractivity contribution in [3.05, 3.63) is 83.9 Å². The number of aromatic nitrogens is 6. The molecule has 0 radical (unpaired) electrons. The Hall–Kier alpha value is -3.54. The molecule has 5 rings (SSSR count). The van der Waals surface area contributed by atoms with E-state index in [2.05, 4.69) is 44.9 Å². The first-order chi connectivity index (χ1) is 12.9. The molecular weight excluding hydrogens is 324 g/mol. The average Bonchev–Trinajstić information content (AvgIpc) is 3.28. The number of nitrogens with zero attached hydrogens (tertiary/aromatic N) is 6. The standard InChI is InChI=1S/C20H16N6/c1-3-7-19-17(5-1)21-23-25(19)13-15-9-11-16(12-10-15)14-26-20-8-4-2-6-18(20)22-24-26/h1-12H,13-14H2. The van der Waals surface area contributed by atoms with E-state index >= 15 is 0 Å². The molecule has 26 heavy (non-hydrogen) atoms. The van der Waals surface area contributed by atoms with Crippen molar-refractivity contribution in [2.75, 3.05) is 0 Å². The minimum atomic E-state index is 0.701. The molecule has 0 unspecified atom stereocenters. The largest absolute Gasteiger partial charge is 0.240 e. The highest BCUT2D eigenvalue weighted by Crippen LogP contribution is 2.15. The van der Waals surface area contributed by atoms with Gasteiger partial charge in [-0.15, -0.1) is 10.2 Å². The molecular formula is C20H16N6. The summed E-state index contributed by atoms with van der Waals surface area (Å²) in [6.07, 6.45) is 0.